The van der Waals surface area contributed by atoms with Crippen molar-refractivity contribution in [2.45, 2.75) is 13.3 Å². The zero-order valence-corrected chi connectivity index (χ0v) is 9.36. The molecule has 0 aliphatic rings. The van der Waals surface area contributed by atoms with E-state index in [1.54, 1.807) is 6.92 Å². The molecule has 1 rings (SSSR count). The third kappa shape index (κ3) is 3.09. The fourth-order valence-electron chi connectivity index (χ4n) is 1.17. The van der Waals surface area contributed by atoms with Gasteiger partial charge in [0.15, 0.2) is 17.3 Å². The van der Waals surface area contributed by atoms with Crippen LogP contribution in [-0.4, -0.2) is 17.8 Å². The molecule has 1 aromatic carbocycles. The summed E-state index contributed by atoms with van der Waals surface area (Å²) >= 11 is 4.81. The van der Waals surface area contributed by atoms with Crippen molar-refractivity contribution in [1.82, 2.24) is 0 Å². The van der Waals surface area contributed by atoms with Crippen LogP contribution < -0.4 is 4.74 Å². The summed E-state index contributed by atoms with van der Waals surface area (Å²) in [5.41, 5.74) is 0.317. The first-order chi connectivity index (χ1) is 7.04. The highest BCUT2D eigenvalue weighted by Crippen LogP contribution is 2.18. The Bertz CT molecular complexity index is 402. The van der Waals surface area contributed by atoms with Gasteiger partial charge in [-0.05, 0) is 30.0 Å². The van der Waals surface area contributed by atoms with Crippen molar-refractivity contribution in [1.29, 1.82) is 0 Å². The van der Waals surface area contributed by atoms with Crippen molar-refractivity contribution in [3.8, 4) is 5.75 Å². The Balaban J connectivity index is 2.92. The first kappa shape index (κ1) is 11.8. The third-order valence-corrected chi connectivity index (χ3v) is 2.03. The van der Waals surface area contributed by atoms with Gasteiger partial charge in [-0.3, -0.25) is 4.79 Å². The number of rotatable bonds is 4. The highest BCUT2D eigenvalue weighted by atomic mass is 32.1. The summed E-state index contributed by atoms with van der Waals surface area (Å²) in [6.07, 6.45) is 0.168. The van der Waals surface area contributed by atoms with Crippen LogP contribution in [-0.2, 0) is 0 Å². The molecule has 0 fully saturated rings. The second kappa shape index (κ2) is 4.98. The van der Waals surface area contributed by atoms with Crippen molar-refractivity contribution in [2.24, 2.45) is 0 Å². The molecule has 0 saturated heterocycles. The number of carbonyl (C=O) groups is 1. The Hall–Kier alpha value is -1.29. The van der Waals surface area contributed by atoms with Crippen LogP contribution in [0.25, 0.3) is 0 Å². The Kier molecular flexibility index (Phi) is 3.91. The molecule has 15 heavy (non-hydrogen) atoms. The van der Waals surface area contributed by atoms with E-state index < -0.39 is 5.82 Å². The minimum absolute atomic E-state index is 0.130. The molecule has 0 aromatic heterocycles. The molecule has 0 saturated carbocycles. The molecule has 0 heterocycles. The Labute approximate surface area is 93.1 Å². The van der Waals surface area contributed by atoms with Gasteiger partial charge < -0.3 is 4.74 Å². The minimum Gasteiger partial charge on any atom is -0.494 e. The fraction of sp³-hybridized carbons (Fsp3) is 0.273. The molecule has 4 heteroatoms. The maximum Gasteiger partial charge on any atom is 0.167 e. The lowest BCUT2D eigenvalue weighted by atomic mass is 10.1. The standard InChI is InChI=1S/C11H11FO2S/c1-7(15)5-10(13)8-3-4-11(14-2)9(12)6-8/h3-4,6H,5H2,1-2H3. The normalized spacial score (nSPS) is 9.80. The molecule has 0 aliphatic carbocycles. The molecule has 0 N–H and O–H groups in total. The Morgan fingerprint density at radius 2 is 2.20 bits per heavy atom. The van der Waals surface area contributed by atoms with Crippen molar-refractivity contribution in [3.05, 3.63) is 29.6 Å². The number of Topliss-reactive ketones (excluding diaryl/α,β-unsaturated/α-hetero) is 1. The van der Waals surface area contributed by atoms with Crippen LogP contribution in [0.3, 0.4) is 0 Å². The van der Waals surface area contributed by atoms with E-state index in [0.29, 0.717) is 10.4 Å². The summed E-state index contributed by atoms with van der Waals surface area (Å²) < 4.78 is 18.0. The molecule has 0 spiro atoms. The number of halogens is 1. The second-order valence-corrected chi connectivity index (χ2v) is 3.85. The highest BCUT2D eigenvalue weighted by Gasteiger charge is 2.10. The average Bonchev–Trinajstić information content (AvgIpc) is 2.16. The van der Waals surface area contributed by atoms with Crippen LogP contribution in [0.5, 0.6) is 5.75 Å². The van der Waals surface area contributed by atoms with Gasteiger partial charge in [-0.1, -0.05) is 12.2 Å². The number of methoxy groups -OCH3 is 1. The predicted molar refractivity (Wildman–Crippen MR) is 60.2 cm³/mol. The van der Waals surface area contributed by atoms with E-state index in [1.165, 1.54) is 25.3 Å². The van der Waals surface area contributed by atoms with Crippen molar-refractivity contribution in [2.75, 3.05) is 7.11 Å². The van der Waals surface area contributed by atoms with Crippen molar-refractivity contribution < 1.29 is 13.9 Å². The molecule has 0 atom stereocenters. The van der Waals surface area contributed by atoms with E-state index >= 15 is 0 Å². The number of ether oxygens (including phenoxy) is 1. The van der Waals surface area contributed by atoms with E-state index in [9.17, 15) is 9.18 Å². The lowest BCUT2D eigenvalue weighted by Gasteiger charge is -2.04. The van der Waals surface area contributed by atoms with Crippen LogP contribution in [0.4, 0.5) is 4.39 Å². The first-order valence-corrected chi connectivity index (χ1v) is 4.81. The molecule has 0 bridgehead atoms. The van der Waals surface area contributed by atoms with E-state index in [1.807, 2.05) is 0 Å². The predicted octanol–water partition coefficient (Wildman–Crippen LogP) is 2.80. The smallest absolute Gasteiger partial charge is 0.167 e. The van der Waals surface area contributed by atoms with Crippen LogP contribution in [0, 0.1) is 5.82 Å². The first-order valence-electron chi connectivity index (χ1n) is 4.40. The number of hydrogen-bond acceptors (Lipinski definition) is 3. The molecule has 0 amide bonds. The lowest BCUT2D eigenvalue weighted by molar-refractivity contribution is 0.100. The van der Waals surface area contributed by atoms with Gasteiger partial charge in [0, 0.05) is 12.0 Å². The Morgan fingerprint density at radius 1 is 1.53 bits per heavy atom. The van der Waals surface area contributed by atoms with Gasteiger partial charge in [-0.25, -0.2) is 4.39 Å². The second-order valence-electron chi connectivity index (χ2n) is 3.15. The minimum atomic E-state index is -0.537. The fourth-order valence-corrected chi connectivity index (χ4v) is 1.30. The number of benzene rings is 1. The zero-order valence-electron chi connectivity index (χ0n) is 8.54. The van der Waals surface area contributed by atoms with Gasteiger partial charge in [0.1, 0.15) is 0 Å². The van der Waals surface area contributed by atoms with Gasteiger partial charge in [-0.15, -0.1) is 0 Å². The molecule has 0 aliphatic heterocycles. The van der Waals surface area contributed by atoms with Crippen LogP contribution in [0.2, 0.25) is 0 Å². The SMILES string of the molecule is COc1ccc(C(=O)CC(C)=S)cc1F. The molecule has 0 radical (unpaired) electrons. The van der Waals surface area contributed by atoms with Gasteiger partial charge in [-0.2, -0.15) is 0 Å². The average molecular weight is 226 g/mol. The van der Waals surface area contributed by atoms with Crippen molar-refractivity contribution >= 4 is 22.9 Å². The number of thiocarbonyl (C=S) groups is 1. The number of ketones is 1. The van der Waals surface area contributed by atoms with Crippen LogP contribution in [0.15, 0.2) is 18.2 Å². The van der Waals surface area contributed by atoms with Gasteiger partial charge in [0.25, 0.3) is 0 Å². The molecule has 2 nitrogen and oxygen atoms in total. The van der Waals surface area contributed by atoms with E-state index in [4.69, 9.17) is 17.0 Å². The summed E-state index contributed by atoms with van der Waals surface area (Å²) in [6.45, 7) is 1.69. The molecular formula is C11H11FO2S. The summed E-state index contributed by atoms with van der Waals surface area (Å²) in [5, 5.41) is 0. The van der Waals surface area contributed by atoms with Crippen LogP contribution in [0.1, 0.15) is 23.7 Å². The van der Waals surface area contributed by atoms with Gasteiger partial charge in [0.05, 0.1) is 7.11 Å². The zero-order chi connectivity index (χ0) is 11.4. The number of carbonyl (C=O) groups excluding carboxylic acids is 1. The quantitative estimate of drug-likeness (QED) is 0.583. The maximum absolute atomic E-state index is 13.2. The summed E-state index contributed by atoms with van der Waals surface area (Å²) in [5.74, 6) is -0.583. The summed E-state index contributed by atoms with van der Waals surface area (Å²) in [6, 6.07) is 4.13. The van der Waals surface area contributed by atoms with Crippen LogP contribution >= 0.6 is 12.2 Å². The number of hydrogen-bond donors (Lipinski definition) is 0. The molecule has 1 aromatic rings. The van der Waals surface area contributed by atoms with E-state index in [2.05, 4.69) is 0 Å². The monoisotopic (exact) mass is 226 g/mol. The molecular weight excluding hydrogens is 215 g/mol. The topological polar surface area (TPSA) is 26.3 Å². The van der Waals surface area contributed by atoms with E-state index in [-0.39, 0.29) is 18.0 Å². The summed E-state index contributed by atoms with van der Waals surface area (Å²) in [7, 11) is 1.38. The maximum atomic E-state index is 13.2. The largest absolute Gasteiger partial charge is 0.494 e. The lowest BCUT2D eigenvalue weighted by Crippen LogP contribution is -2.04. The van der Waals surface area contributed by atoms with E-state index in [0.717, 1.165) is 0 Å². The Morgan fingerprint density at radius 3 is 2.67 bits per heavy atom. The molecule has 0 unspecified atom stereocenters. The van der Waals surface area contributed by atoms with Gasteiger partial charge in [0.2, 0.25) is 0 Å². The highest BCUT2D eigenvalue weighted by molar-refractivity contribution is 7.80. The van der Waals surface area contributed by atoms with Gasteiger partial charge >= 0.3 is 0 Å². The summed E-state index contributed by atoms with van der Waals surface area (Å²) in [4.78, 5) is 12.1. The molecule has 80 valence electrons. The van der Waals surface area contributed by atoms with Crippen molar-refractivity contribution in [3.63, 3.8) is 0 Å². The third-order valence-electron chi connectivity index (χ3n) is 1.88.